The standard InChI is InChI=1S/C13H15IN2O3/c1-17-6-7-18-13-5-2-10(8-16-13)15-9-11-3-4-12(14)19-11/h2-5,8,15H,6-7,9H2,1H3. The Labute approximate surface area is 125 Å². The summed E-state index contributed by atoms with van der Waals surface area (Å²) in [6, 6.07) is 7.62. The number of hydrogen-bond donors (Lipinski definition) is 1. The molecule has 0 fully saturated rings. The minimum absolute atomic E-state index is 0.501. The van der Waals surface area contributed by atoms with Crippen LogP contribution in [0.4, 0.5) is 5.69 Å². The first-order valence-corrected chi connectivity index (χ1v) is 6.91. The predicted octanol–water partition coefficient (Wildman–Crippen LogP) is 2.92. The molecule has 2 rings (SSSR count). The fourth-order valence-electron chi connectivity index (χ4n) is 1.44. The van der Waals surface area contributed by atoms with Crippen LogP contribution in [0.1, 0.15) is 5.76 Å². The van der Waals surface area contributed by atoms with Crippen LogP contribution in [0.5, 0.6) is 5.88 Å². The Kier molecular flexibility index (Phi) is 5.46. The molecule has 0 radical (unpaired) electrons. The minimum atomic E-state index is 0.501. The van der Waals surface area contributed by atoms with Crippen LogP contribution >= 0.6 is 22.6 Å². The van der Waals surface area contributed by atoms with E-state index in [1.807, 2.05) is 24.3 Å². The average molecular weight is 374 g/mol. The third-order valence-electron chi connectivity index (χ3n) is 2.37. The molecule has 2 aromatic heterocycles. The van der Waals surface area contributed by atoms with Crippen molar-refractivity contribution in [1.29, 1.82) is 0 Å². The molecule has 102 valence electrons. The largest absolute Gasteiger partial charge is 0.475 e. The fourth-order valence-corrected chi connectivity index (χ4v) is 1.90. The van der Waals surface area contributed by atoms with Gasteiger partial charge in [0.25, 0.3) is 0 Å². The minimum Gasteiger partial charge on any atom is -0.475 e. The number of aromatic nitrogens is 1. The van der Waals surface area contributed by atoms with Crippen LogP contribution in [0.15, 0.2) is 34.9 Å². The summed E-state index contributed by atoms with van der Waals surface area (Å²) in [5.41, 5.74) is 0.922. The summed E-state index contributed by atoms with van der Waals surface area (Å²) in [7, 11) is 1.64. The smallest absolute Gasteiger partial charge is 0.213 e. The molecular weight excluding hydrogens is 359 g/mol. The van der Waals surface area contributed by atoms with Crippen molar-refractivity contribution in [3.63, 3.8) is 0 Å². The number of methoxy groups -OCH3 is 1. The maximum Gasteiger partial charge on any atom is 0.213 e. The normalized spacial score (nSPS) is 10.4. The van der Waals surface area contributed by atoms with Gasteiger partial charge in [0.1, 0.15) is 12.4 Å². The van der Waals surface area contributed by atoms with Crippen LogP contribution in [-0.4, -0.2) is 25.3 Å². The zero-order valence-corrected chi connectivity index (χ0v) is 12.7. The van der Waals surface area contributed by atoms with Gasteiger partial charge in [0.15, 0.2) is 3.77 Å². The monoisotopic (exact) mass is 374 g/mol. The van der Waals surface area contributed by atoms with Gasteiger partial charge in [-0.2, -0.15) is 0 Å². The first-order chi connectivity index (χ1) is 9.28. The summed E-state index contributed by atoms with van der Waals surface area (Å²) in [6.07, 6.45) is 1.73. The zero-order chi connectivity index (χ0) is 13.5. The Balaban J connectivity index is 1.81. The molecule has 0 aromatic carbocycles. The van der Waals surface area contributed by atoms with E-state index >= 15 is 0 Å². The molecular formula is C13H15IN2O3. The summed E-state index contributed by atoms with van der Waals surface area (Å²) >= 11 is 2.14. The molecule has 19 heavy (non-hydrogen) atoms. The highest BCUT2D eigenvalue weighted by molar-refractivity contribution is 14.1. The van der Waals surface area contributed by atoms with E-state index in [4.69, 9.17) is 13.9 Å². The second-order valence-electron chi connectivity index (χ2n) is 3.79. The fraction of sp³-hybridized carbons (Fsp3) is 0.308. The number of hydrogen-bond acceptors (Lipinski definition) is 5. The quantitative estimate of drug-likeness (QED) is 0.597. The van der Waals surface area contributed by atoms with E-state index in [-0.39, 0.29) is 0 Å². The molecule has 0 aliphatic rings. The van der Waals surface area contributed by atoms with E-state index in [1.165, 1.54) is 0 Å². The third kappa shape index (κ3) is 4.71. The average Bonchev–Trinajstić information content (AvgIpc) is 2.84. The lowest BCUT2D eigenvalue weighted by Gasteiger charge is -2.06. The molecule has 0 aliphatic carbocycles. The van der Waals surface area contributed by atoms with Crippen molar-refractivity contribution in [3.8, 4) is 5.88 Å². The van der Waals surface area contributed by atoms with Gasteiger partial charge < -0.3 is 19.2 Å². The van der Waals surface area contributed by atoms with Crippen LogP contribution in [-0.2, 0) is 11.3 Å². The number of rotatable bonds is 7. The van der Waals surface area contributed by atoms with Gasteiger partial charge in [0.2, 0.25) is 5.88 Å². The van der Waals surface area contributed by atoms with Gasteiger partial charge in [-0.15, -0.1) is 0 Å². The summed E-state index contributed by atoms with van der Waals surface area (Å²) < 4.78 is 16.6. The summed E-state index contributed by atoms with van der Waals surface area (Å²) in [6.45, 7) is 1.69. The van der Waals surface area contributed by atoms with Crippen molar-refractivity contribution in [3.05, 3.63) is 40.0 Å². The summed E-state index contributed by atoms with van der Waals surface area (Å²) in [4.78, 5) is 4.20. The van der Waals surface area contributed by atoms with Crippen molar-refractivity contribution in [2.45, 2.75) is 6.54 Å². The maximum atomic E-state index is 5.46. The first kappa shape index (κ1) is 14.1. The summed E-state index contributed by atoms with van der Waals surface area (Å²) in [5.74, 6) is 1.49. The van der Waals surface area contributed by atoms with Crippen molar-refractivity contribution < 1.29 is 13.9 Å². The van der Waals surface area contributed by atoms with Gasteiger partial charge in [0.05, 0.1) is 25.0 Å². The van der Waals surface area contributed by atoms with Gasteiger partial charge in [0, 0.05) is 13.2 Å². The molecule has 0 saturated carbocycles. The van der Waals surface area contributed by atoms with E-state index in [0.717, 1.165) is 15.2 Å². The highest BCUT2D eigenvalue weighted by atomic mass is 127. The number of ether oxygens (including phenoxy) is 2. The van der Waals surface area contributed by atoms with Crippen LogP contribution in [0.2, 0.25) is 0 Å². The molecule has 0 aliphatic heterocycles. The van der Waals surface area contributed by atoms with Gasteiger partial charge in [-0.3, -0.25) is 0 Å². The molecule has 0 saturated heterocycles. The number of furan rings is 1. The third-order valence-corrected chi connectivity index (χ3v) is 2.95. The van der Waals surface area contributed by atoms with Crippen molar-refractivity contribution in [2.24, 2.45) is 0 Å². The Morgan fingerprint density at radius 1 is 1.26 bits per heavy atom. The Bertz CT molecular complexity index is 499. The molecule has 0 unspecified atom stereocenters. The Hall–Kier alpha value is -1.28. The molecule has 2 aromatic rings. The predicted molar refractivity (Wildman–Crippen MR) is 80.4 cm³/mol. The Morgan fingerprint density at radius 2 is 2.16 bits per heavy atom. The number of anilines is 1. The molecule has 5 nitrogen and oxygen atoms in total. The lowest BCUT2D eigenvalue weighted by atomic mass is 10.4. The van der Waals surface area contributed by atoms with Gasteiger partial charge >= 0.3 is 0 Å². The first-order valence-electron chi connectivity index (χ1n) is 5.84. The van der Waals surface area contributed by atoms with E-state index in [0.29, 0.717) is 25.6 Å². The van der Waals surface area contributed by atoms with Crippen LogP contribution in [0.3, 0.4) is 0 Å². The SMILES string of the molecule is COCCOc1ccc(NCc2ccc(I)o2)cn1. The number of halogens is 1. The molecule has 0 amide bonds. The van der Waals surface area contributed by atoms with Gasteiger partial charge in [-0.05, 0) is 40.8 Å². The van der Waals surface area contributed by atoms with Crippen LogP contribution in [0.25, 0.3) is 0 Å². The highest BCUT2D eigenvalue weighted by Gasteiger charge is 2.00. The van der Waals surface area contributed by atoms with Crippen molar-refractivity contribution in [2.75, 3.05) is 25.6 Å². The topological polar surface area (TPSA) is 56.5 Å². The maximum absolute atomic E-state index is 5.46. The molecule has 2 heterocycles. The number of nitrogens with one attached hydrogen (secondary N) is 1. The van der Waals surface area contributed by atoms with Crippen LogP contribution < -0.4 is 10.1 Å². The molecule has 0 bridgehead atoms. The van der Waals surface area contributed by atoms with Crippen molar-refractivity contribution in [1.82, 2.24) is 4.98 Å². The second kappa shape index (κ2) is 7.34. The Morgan fingerprint density at radius 3 is 2.79 bits per heavy atom. The summed E-state index contributed by atoms with van der Waals surface area (Å²) in [5, 5.41) is 3.23. The van der Waals surface area contributed by atoms with E-state index < -0.39 is 0 Å². The second-order valence-corrected chi connectivity index (χ2v) is 4.85. The van der Waals surface area contributed by atoms with E-state index in [1.54, 1.807) is 13.3 Å². The van der Waals surface area contributed by atoms with Gasteiger partial charge in [-0.1, -0.05) is 0 Å². The van der Waals surface area contributed by atoms with Crippen LogP contribution in [0, 0.1) is 3.77 Å². The van der Waals surface area contributed by atoms with Gasteiger partial charge in [-0.25, -0.2) is 4.98 Å². The lowest BCUT2D eigenvalue weighted by Crippen LogP contribution is -2.05. The molecule has 0 spiro atoms. The molecule has 1 N–H and O–H groups in total. The molecule has 6 heteroatoms. The lowest BCUT2D eigenvalue weighted by molar-refractivity contribution is 0.144. The molecule has 0 atom stereocenters. The van der Waals surface area contributed by atoms with Crippen molar-refractivity contribution >= 4 is 28.3 Å². The number of pyridine rings is 1. The highest BCUT2D eigenvalue weighted by Crippen LogP contribution is 2.14. The zero-order valence-electron chi connectivity index (χ0n) is 10.6. The van der Waals surface area contributed by atoms with E-state index in [2.05, 4.69) is 32.9 Å². The number of nitrogens with zero attached hydrogens (tertiary/aromatic N) is 1. The van der Waals surface area contributed by atoms with E-state index in [9.17, 15) is 0 Å².